The van der Waals surface area contributed by atoms with Crippen LogP contribution in [0.25, 0.3) is 0 Å². The first kappa shape index (κ1) is 59.1. The van der Waals surface area contributed by atoms with Gasteiger partial charge in [0.1, 0.15) is 48.3 Å². The molecule has 0 aromatic carbocycles. The number of hydrogen-bond acceptors (Lipinski definition) is 14. The molecule has 10 amide bonds. The molecule has 4 saturated heterocycles. The Labute approximate surface area is 422 Å². The van der Waals surface area contributed by atoms with Gasteiger partial charge in [0.2, 0.25) is 59.1 Å². The van der Waals surface area contributed by atoms with Crippen molar-refractivity contribution in [3.8, 4) is 0 Å². The van der Waals surface area contributed by atoms with Gasteiger partial charge in [-0.15, -0.1) is 0 Å². The summed E-state index contributed by atoms with van der Waals surface area (Å²) in [5, 5.41) is 13.0. The molecular formula is C48H81N11O13. The minimum atomic E-state index is -1.36. The van der Waals surface area contributed by atoms with Gasteiger partial charge in [-0.1, -0.05) is 0 Å². The minimum Gasteiger partial charge on any atom is -0.373 e. The quantitative estimate of drug-likeness (QED) is 0.0649. The molecule has 0 aliphatic carbocycles. The first-order valence-electron chi connectivity index (χ1n) is 25.1. The predicted molar refractivity (Wildman–Crippen MR) is 261 cm³/mol. The van der Waals surface area contributed by atoms with Crippen molar-refractivity contribution in [2.45, 2.75) is 186 Å². The van der Waals surface area contributed by atoms with Crippen LogP contribution in [0, 0.1) is 0 Å². The van der Waals surface area contributed by atoms with Crippen molar-refractivity contribution in [3.05, 3.63) is 0 Å². The Morgan fingerprint density at radius 2 is 0.917 bits per heavy atom. The molecule has 0 spiro atoms. The van der Waals surface area contributed by atoms with E-state index in [1.807, 2.05) is 0 Å². The molecule has 4 fully saturated rings. The standard InChI is InChI=1S/C48H81N11O13/c1-28(43(67)58-21-13-17-34(58)45(69)59-22-14-18-35(59)44(68)57-20-12-16-33(57)42(66)53-29(38(50)62)25-70-46(2,3)4)52-36(60)24-51-39(63)30(26-71-47(5,6)7)54-40(64)31(27-72-48(8,9)10)55-41(65)32-15-11-19-56(32)37(61)23-49/h28-35H,11-27,49H2,1-10H3,(H2,50,62)(H,51,63)(H,52,60)(H,53,66)(H,54,64)(H,55,65)/t28-,29-,30-,31-,32-,33-,34-,35-/m0/s1. The summed E-state index contributed by atoms with van der Waals surface area (Å²) in [5.74, 6) is -6.04. The highest BCUT2D eigenvalue weighted by atomic mass is 16.5. The summed E-state index contributed by atoms with van der Waals surface area (Å²) in [4.78, 5) is 140. The van der Waals surface area contributed by atoms with Crippen molar-refractivity contribution in [3.63, 3.8) is 0 Å². The summed E-state index contributed by atoms with van der Waals surface area (Å²) < 4.78 is 17.4. The lowest BCUT2D eigenvalue weighted by atomic mass is 10.1. The van der Waals surface area contributed by atoms with E-state index in [0.29, 0.717) is 57.9 Å². The van der Waals surface area contributed by atoms with Crippen LogP contribution >= 0.6 is 0 Å². The molecule has 72 heavy (non-hydrogen) atoms. The lowest BCUT2D eigenvalue weighted by Gasteiger charge is -2.34. The Morgan fingerprint density at radius 3 is 1.39 bits per heavy atom. The van der Waals surface area contributed by atoms with Gasteiger partial charge in [0.15, 0.2) is 0 Å². The van der Waals surface area contributed by atoms with Crippen LogP contribution < -0.4 is 38.1 Å². The van der Waals surface area contributed by atoms with Crippen molar-refractivity contribution in [2.24, 2.45) is 11.5 Å². The number of nitrogens with two attached hydrogens (primary N) is 2. The van der Waals surface area contributed by atoms with Crippen molar-refractivity contribution < 1.29 is 62.2 Å². The maximum atomic E-state index is 14.2. The summed E-state index contributed by atoms with van der Waals surface area (Å²) in [6, 6.07) is -8.44. The fourth-order valence-corrected chi connectivity index (χ4v) is 8.98. The number of likely N-dealkylation sites (tertiary alicyclic amines) is 4. The number of rotatable bonds is 21. The lowest BCUT2D eigenvalue weighted by molar-refractivity contribution is -0.151. The molecule has 4 aliphatic rings. The van der Waals surface area contributed by atoms with Crippen LogP contribution in [0.5, 0.6) is 0 Å². The highest BCUT2D eigenvalue weighted by Crippen LogP contribution is 2.29. The molecule has 4 heterocycles. The van der Waals surface area contributed by atoms with Crippen LogP contribution in [-0.4, -0.2) is 203 Å². The SMILES string of the molecule is C[C@H](NC(=O)CNC(=O)[C@H](COC(C)(C)C)NC(=O)[C@H](COC(C)(C)C)NC(=O)[C@@H]1CCCN1C(=O)CN)C(=O)N1CCC[C@H]1C(=O)N1CCC[C@H]1C(=O)N1CCC[C@H]1C(=O)N[C@@H](COC(C)(C)C)C(N)=O. The molecule has 406 valence electrons. The zero-order valence-electron chi connectivity index (χ0n) is 43.9. The van der Waals surface area contributed by atoms with E-state index < -0.39 is 131 Å². The van der Waals surface area contributed by atoms with Crippen molar-refractivity contribution in [1.82, 2.24) is 46.2 Å². The van der Waals surface area contributed by atoms with Crippen molar-refractivity contribution in [2.75, 3.05) is 59.1 Å². The monoisotopic (exact) mass is 1020 g/mol. The van der Waals surface area contributed by atoms with Crippen LogP contribution in [0.2, 0.25) is 0 Å². The Bertz CT molecular complexity index is 2000. The normalized spacial score (nSPS) is 22.2. The molecule has 0 aromatic heterocycles. The Morgan fingerprint density at radius 1 is 0.528 bits per heavy atom. The largest absolute Gasteiger partial charge is 0.373 e. The maximum absolute atomic E-state index is 14.2. The van der Waals surface area contributed by atoms with Crippen LogP contribution in [0.15, 0.2) is 0 Å². The van der Waals surface area contributed by atoms with E-state index in [2.05, 4.69) is 26.6 Å². The van der Waals surface area contributed by atoms with Crippen molar-refractivity contribution >= 4 is 59.1 Å². The minimum absolute atomic E-state index is 0.149. The number of hydrogen-bond donors (Lipinski definition) is 7. The second-order valence-corrected chi connectivity index (χ2v) is 21.9. The first-order chi connectivity index (χ1) is 33.5. The average Bonchev–Trinajstić information content (AvgIpc) is 4.15. The highest BCUT2D eigenvalue weighted by molar-refractivity contribution is 5.98. The smallest absolute Gasteiger partial charge is 0.246 e. The zero-order chi connectivity index (χ0) is 53.9. The summed E-state index contributed by atoms with van der Waals surface area (Å²) >= 11 is 0. The number of nitrogens with one attached hydrogen (secondary N) is 5. The average molecular weight is 1020 g/mol. The molecule has 0 bridgehead atoms. The van der Waals surface area contributed by atoms with E-state index in [4.69, 9.17) is 25.7 Å². The van der Waals surface area contributed by atoms with Crippen LogP contribution in [0.1, 0.15) is 121 Å². The molecule has 8 atom stereocenters. The fourth-order valence-electron chi connectivity index (χ4n) is 8.98. The van der Waals surface area contributed by atoms with Gasteiger partial charge in [-0.3, -0.25) is 47.9 Å². The van der Waals surface area contributed by atoms with E-state index in [1.54, 1.807) is 62.3 Å². The lowest BCUT2D eigenvalue weighted by Crippen LogP contribution is -2.60. The van der Waals surface area contributed by atoms with E-state index in [-0.39, 0.29) is 46.0 Å². The molecule has 24 heteroatoms. The van der Waals surface area contributed by atoms with Crippen LogP contribution in [-0.2, 0) is 62.2 Å². The number of ether oxygens (including phenoxy) is 3. The molecule has 0 aromatic rings. The first-order valence-corrected chi connectivity index (χ1v) is 25.1. The topological polar surface area (TPSA) is 324 Å². The zero-order valence-corrected chi connectivity index (χ0v) is 43.9. The summed E-state index contributed by atoms with van der Waals surface area (Å²) in [7, 11) is 0. The number of primary amides is 1. The van der Waals surface area contributed by atoms with Gasteiger partial charge in [-0.05, 0) is 121 Å². The van der Waals surface area contributed by atoms with Gasteiger partial charge in [0, 0.05) is 26.2 Å². The Kier molecular flexibility index (Phi) is 20.9. The van der Waals surface area contributed by atoms with Crippen LogP contribution in [0.4, 0.5) is 0 Å². The predicted octanol–water partition coefficient (Wildman–Crippen LogP) is -2.09. The fraction of sp³-hybridized carbons (Fsp3) is 0.792. The molecule has 4 rings (SSSR count). The summed E-state index contributed by atoms with van der Waals surface area (Å²) in [6.45, 7) is 16.8. The van der Waals surface area contributed by atoms with Gasteiger partial charge in [-0.25, -0.2) is 0 Å². The van der Waals surface area contributed by atoms with Gasteiger partial charge in [0.05, 0.1) is 49.7 Å². The third-order valence-corrected chi connectivity index (χ3v) is 12.7. The van der Waals surface area contributed by atoms with Gasteiger partial charge in [-0.2, -0.15) is 0 Å². The number of carbonyl (C=O) groups is 10. The molecule has 0 unspecified atom stereocenters. The molecule has 24 nitrogen and oxygen atoms in total. The molecule has 0 radical (unpaired) electrons. The number of amides is 10. The van der Waals surface area contributed by atoms with Crippen LogP contribution in [0.3, 0.4) is 0 Å². The Balaban J connectivity index is 1.37. The van der Waals surface area contributed by atoms with Crippen molar-refractivity contribution in [1.29, 1.82) is 0 Å². The highest BCUT2D eigenvalue weighted by Gasteiger charge is 2.47. The molecule has 9 N–H and O–H groups in total. The van der Waals surface area contributed by atoms with Gasteiger partial charge in [0.25, 0.3) is 0 Å². The van der Waals surface area contributed by atoms with E-state index in [0.717, 1.165) is 0 Å². The second kappa shape index (κ2) is 25.5. The Hall–Kier alpha value is -5.46. The van der Waals surface area contributed by atoms with Gasteiger partial charge < -0.3 is 71.9 Å². The third kappa shape index (κ3) is 17.1. The summed E-state index contributed by atoms with van der Waals surface area (Å²) in [6.07, 6.45) is 3.49. The molecular weight excluding hydrogens is 939 g/mol. The maximum Gasteiger partial charge on any atom is 0.246 e. The number of nitrogens with zero attached hydrogens (tertiary/aromatic N) is 4. The van der Waals surface area contributed by atoms with E-state index in [9.17, 15) is 47.9 Å². The van der Waals surface area contributed by atoms with Gasteiger partial charge >= 0.3 is 0 Å². The van der Waals surface area contributed by atoms with E-state index >= 15 is 0 Å². The van der Waals surface area contributed by atoms with E-state index in [1.165, 1.54) is 26.5 Å². The second-order valence-electron chi connectivity index (χ2n) is 21.9. The molecule has 4 aliphatic heterocycles. The number of carbonyl (C=O) groups excluding carboxylic acids is 10. The summed E-state index contributed by atoms with van der Waals surface area (Å²) in [5.41, 5.74) is 9.05. The molecule has 0 saturated carbocycles. The third-order valence-electron chi connectivity index (χ3n) is 12.7.